The first-order valence-corrected chi connectivity index (χ1v) is 9.57. The van der Waals surface area contributed by atoms with Gasteiger partial charge < -0.3 is 9.47 Å². The lowest BCUT2D eigenvalue weighted by Gasteiger charge is -2.23. The molecular formula is C23H25N3O2. The first kappa shape index (κ1) is 18.6. The molecule has 1 fully saturated rings. The molecule has 1 aromatic carbocycles. The van der Waals surface area contributed by atoms with Crippen LogP contribution in [0, 0.1) is 13.8 Å². The predicted molar refractivity (Wildman–Crippen MR) is 108 cm³/mol. The number of nitrogens with zero attached hydrogens (tertiary/aromatic N) is 3. The number of aryl methyl sites for hydroxylation is 2. The van der Waals surface area contributed by atoms with Crippen LogP contribution in [0.3, 0.4) is 0 Å². The molecule has 0 N–H and O–H groups in total. The van der Waals surface area contributed by atoms with Gasteiger partial charge in [0, 0.05) is 43.4 Å². The highest BCUT2D eigenvalue weighted by atomic mass is 16.6. The topological polar surface area (TPSA) is 47.5 Å². The third-order valence-electron chi connectivity index (χ3n) is 5.00. The minimum atomic E-state index is -0.138. The number of aromatic nitrogens is 2. The first-order valence-electron chi connectivity index (χ1n) is 9.57. The van der Waals surface area contributed by atoms with Crippen LogP contribution in [-0.4, -0.2) is 34.1 Å². The van der Waals surface area contributed by atoms with Crippen LogP contribution in [0.4, 0.5) is 0 Å². The van der Waals surface area contributed by atoms with Crippen molar-refractivity contribution in [1.29, 1.82) is 0 Å². The van der Waals surface area contributed by atoms with Gasteiger partial charge >= 0.3 is 0 Å². The summed E-state index contributed by atoms with van der Waals surface area (Å²) in [6, 6.07) is 14.2. The van der Waals surface area contributed by atoms with Crippen LogP contribution in [0.1, 0.15) is 28.5 Å². The molecule has 1 aliphatic heterocycles. The maximum atomic E-state index is 6.40. The zero-order chi connectivity index (χ0) is 19.3. The van der Waals surface area contributed by atoms with Crippen LogP contribution < -0.4 is 4.74 Å². The van der Waals surface area contributed by atoms with Crippen molar-refractivity contribution in [2.24, 2.45) is 0 Å². The Balaban J connectivity index is 1.49. The van der Waals surface area contributed by atoms with Crippen molar-refractivity contribution in [3.8, 4) is 5.75 Å². The Hall–Kier alpha value is -2.76. The molecule has 1 saturated heterocycles. The fourth-order valence-corrected chi connectivity index (χ4v) is 3.46. The smallest absolute Gasteiger partial charge is 0.139 e. The van der Waals surface area contributed by atoms with E-state index in [0.717, 1.165) is 30.0 Å². The Morgan fingerprint density at radius 2 is 1.86 bits per heavy atom. The minimum absolute atomic E-state index is 0.0115. The van der Waals surface area contributed by atoms with Gasteiger partial charge in [0.15, 0.2) is 0 Å². The van der Waals surface area contributed by atoms with E-state index < -0.39 is 0 Å². The summed E-state index contributed by atoms with van der Waals surface area (Å²) in [6.45, 7) is 6.25. The molecule has 5 nitrogen and oxygen atoms in total. The van der Waals surface area contributed by atoms with E-state index in [2.05, 4.69) is 46.9 Å². The molecule has 2 unspecified atom stereocenters. The summed E-state index contributed by atoms with van der Waals surface area (Å²) < 4.78 is 12.4. The normalized spacial score (nSPS) is 19.6. The van der Waals surface area contributed by atoms with Crippen LogP contribution in [0.25, 0.3) is 0 Å². The Labute approximate surface area is 166 Å². The Morgan fingerprint density at radius 3 is 2.61 bits per heavy atom. The van der Waals surface area contributed by atoms with E-state index in [0.29, 0.717) is 6.61 Å². The van der Waals surface area contributed by atoms with E-state index in [4.69, 9.17) is 9.47 Å². The van der Waals surface area contributed by atoms with Crippen LogP contribution in [-0.2, 0) is 11.3 Å². The van der Waals surface area contributed by atoms with Crippen LogP contribution in [0.15, 0.2) is 67.3 Å². The molecule has 0 amide bonds. The third kappa shape index (κ3) is 4.38. The maximum Gasteiger partial charge on any atom is 0.139 e. The molecule has 28 heavy (non-hydrogen) atoms. The van der Waals surface area contributed by atoms with Crippen molar-refractivity contribution < 1.29 is 9.47 Å². The summed E-state index contributed by atoms with van der Waals surface area (Å²) in [7, 11) is 0. The van der Waals surface area contributed by atoms with Crippen molar-refractivity contribution in [1.82, 2.24) is 14.9 Å². The standard InChI is InChI=1S/C23H25N3O2/c1-17-5-7-20(8-6-17)27-16-21-15-26(14-19-4-3-10-24-12-19)23(28-21)22-13-25-11-9-18(22)2/h3-13,21,23H,14-16H2,1-2H3. The molecule has 0 saturated carbocycles. The maximum absolute atomic E-state index is 6.40. The Bertz CT molecular complexity index is 899. The summed E-state index contributed by atoms with van der Waals surface area (Å²) in [5.41, 5.74) is 4.66. The van der Waals surface area contributed by atoms with E-state index >= 15 is 0 Å². The Kier molecular flexibility index (Phi) is 5.65. The molecule has 3 heterocycles. The second-order valence-corrected chi connectivity index (χ2v) is 7.26. The summed E-state index contributed by atoms with van der Waals surface area (Å²) in [5, 5.41) is 0. The summed E-state index contributed by atoms with van der Waals surface area (Å²) in [5.74, 6) is 0.869. The lowest BCUT2D eigenvalue weighted by Crippen LogP contribution is -2.26. The van der Waals surface area contributed by atoms with Crippen molar-refractivity contribution >= 4 is 0 Å². The molecule has 144 valence electrons. The molecular weight excluding hydrogens is 350 g/mol. The second kappa shape index (κ2) is 8.50. The molecule has 5 heteroatoms. The van der Waals surface area contributed by atoms with Crippen LogP contribution in [0.2, 0.25) is 0 Å². The molecule has 0 radical (unpaired) electrons. The highest BCUT2D eigenvalue weighted by Gasteiger charge is 2.35. The Morgan fingerprint density at radius 1 is 1.04 bits per heavy atom. The zero-order valence-electron chi connectivity index (χ0n) is 16.3. The number of ether oxygens (including phenoxy) is 2. The molecule has 4 rings (SSSR count). The molecule has 1 aliphatic rings. The third-order valence-corrected chi connectivity index (χ3v) is 5.00. The average Bonchev–Trinajstić information content (AvgIpc) is 3.11. The average molecular weight is 375 g/mol. The van der Waals surface area contributed by atoms with Gasteiger partial charge in [-0.2, -0.15) is 0 Å². The number of rotatable bonds is 6. The van der Waals surface area contributed by atoms with Gasteiger partial charge in [0.2, 0.25) is 0 Å². The van der Waals surface area contributed by atoms with Crippen LogP contribution >= 0.6 is 0 Å². The monoisotopic (exact) mass is 375 g/mol. The van der Waals surface area contributed by atoms with Gasteiger partial charge in [-0.3, -0.25) is 14.9 Å². The molecule has 0 bridgehead atoms. The lowest BCUT2D eigenvalue weighted by atomic mass is 10.1. The van der Waals surface area contributed by atoms with Gasteiger partial charge in [0.1, 0.15) is 24.7 Å². The van der Waals surface area contributed by atoms with E-state index in [1.54, 1.807) is 6.20 Å². The largest absolute Gasteiger partial charge is 0.491 e. The minimum Gasteiger partial charge on any atom is -0.491 e. The first-order chi connectivity index (χ1) is 13.7. The van der Waals surface area contributed by atoms with Crippen molar-refractivity contribution in [3.05, 3.63) is 89.5 Å². The zero-order valence-corrected chi connectivity index (χ0v) is 16.3. The van der Waals surface area contributed by atoms with Crippen molar-refractivity contribution in [2.45, 2.75) is 32.7 Å². The number of hydrogen-bond acceptors (Lipinski definition) is 5. The van der Waals surface area contributed by atoms with E-state index in [1.807, 2.05) is 42.9 Å². The molecule has 0 aliphatic carbocycles. The summed E-state index contributed by atoms with van der Waals surface area (Å²) >= 11 is 0. The van der Waals surface area contributed by atoms with E-state index in [1.165, 1.54) is 11.1 Å². The van der Waals surface area contributed by atoms with Gasteiger partial charge in [-0.05, 0) is 49.2 Å². The van der Waals surface area contributed by atoms with E-state index in [9.17, 15) is 0 Å². The highest BCUT2D eigenvalue weighted by Crippen LogP contribution is 2.33. The molecule has 2 atom stereocenters. The number of hydrogen-bond donors (Lipinski definition) is 0. The van der Waals surface area contributed by atoms with Crippen molar-refractivity contribution in [3.63, 3.8) is 0 Å². The quantitative estimate of drug-likeness (QED) is 0.650. The second-order valence-electron chi connectivity index (χ2n) is 7.26. The fourth-order valence-electron chi connectivity index (χ4n) is 3.46. The van der Waals surface area contributed by atoms with Crippen LogP contribution in [0.5, 0.6) is 5.75 Å². The SMILES string of the molecule is Cc1ccc(OCC2CN(Cc3cccnc3)C(c3cnccc3C)O2)cc1. The lowest BCUT2D eigenvalue weighted by molar-refractivity contribution is -0.0185. The number of pyridine rings is 2. The predicted octanol–water partition coefficient (Wildman–Crippen LogP) is 4.07. The van der Waals surface area contributed by atoms with Crippen molar-refractivity contribution in [2.75, 3.05) is 13.2 Å². The van der Waals surface area contributed by atoms with E-state index in [-0.39, 0.29) is 12.3 Å². The molecule has 3 aromatic rings. The summed E-state index contributed by atoms with van der Waals surface area (Å²) in [6.07, 6.45) is 7.27. The van der Waals surface area contributed by atoms with Gasteiger partial charge in [-0.1, -0.05) is 23.8 Å². The van der Waals surface area contributed by atoms with Gasteiger partial charge in [-0.15, -0.1) is 0 Å². The summed E-state index contributed by atoms with van der Waals surface area (Å²) in [4.78, 5) is 10.9. The van der Waals surface area contributed by atoms with Gasteiger partial charge in [0.25, 0.3) is 0 Å². The molecule has 2 aromatic heterocycles. The fraction of sp³-hybridized carbons (Fsp3) is 0.304. The number of benzene rings is 1. The van der Waals surface area contributed by atoms with Gasteiger partial charge in [-0.25, -0.2) is 0 Å². The molecule has 0 spiro atoms. The highest BCUT2D eigenvalue weighted by molar-refractivity contribution is 5.27. The van der Waals surface area contributed by atoms with Gasteiger partial charge in [0.05, 0.1) is 0 Å².